The molecule has 2 bridgehead atoms. The Morgan fingerprint density at radius 2 is 1.89 bits per heavy atom. The summed E-state index contributed by atoms with van der Waals surface area (Å²) in [5.41, 5.74) is 12.0. The summed E-state index contributed by atoms with van der Waals surface area (Å²) in [7, 11) is 0. The zero-order valence-electron chi connectivity index (χ0n) is 21.0. The van der Waals surface area contributed by atoms with Crippen molar-refractivity contribution in [3.05, 3.63) is 52.0 Å². The number of pyridine rings is 1. The summed E-state index contributed by atoms with van der Waals surface area (Å²) in [6, 6.07) is 11.1. The third-order valence-electron chi connectivity index (χ3n) is 8.73. The molecule has 1 unspecified atom stereocenters. The van der Waals surface area contributed by atoms with E-state index in [4.69, 9.17) is 5.73 Å². The molecule has 1 aliphatic heterocycles. The van der Waals surface area contributed by atoms with Crippen molar-refractivity contribution in [1.82, 2.24) is 10.3 Å². The Morgan fingerprint density at radius 3 is 2.63 bits per heavy atom. The molecule has 1 aromatic carbocycles. The summed E-state index contributed by atoms with van der Waals surface area (Å²) in [5.74, 6) is 3.34. The number of aryl methyl sites for hydroxylation is 2. The van der Waals surface area contributed by atoms with Crippen molar-refractivity contribution in [1.29, 1.82) is 0 Å². The molecular formula is C29H36N4OS. The Labute approximate surface area is 212 Å². The van der Waals surface area contributed by atoms with Gasteiger partial charge in [0.05, 0.1) is 5.69 Å². The number of hydrogen-bond acceptors (Lipinski definition) is 5. The standard InChI is InChI=1S/C29H36N4OS/c1-16(2)25-20-5-6-21(25)15-33(14-20)23-10-8-18-12-22(9-7-19(18)13-23)32-28(34)27-26(30)24-11-4-17(3)31-29(24)35-27/h4,8,10-11,13,16,20-22,25H,5-7,9,12,14-15,30H2,1-3H3,(H,32,34)/t20-,21+,22-,25?/m0/s1. The molecular weight excluding hydrogens is 452 g/mol. The van der Waals surface area contributed by atoms with Crippen LogP contribution in [-0.2, 0) is 12.8 Å². The van der Waals surface area contributed by atoms with E-state index >= 15 is 0 Å². The first kappa shape index (κ1) is 22.8. The minimum Gasteiger partial charge on any atom is -0.397 e. The van der Waals surface area contributed by atoms with E-state index in [9.17, 15) is 4.79 Å². The average Bonchev–Trinajstić information content (AvgIpc) is 3.31. The number of amides is 1. The van der Waals surface area contributed by atoms with Crippen LogP contribution in [0.1, 0.15) is 59.6 Å². The summed E-state index contributed by atoms with van der Waals surface area (Å²) in [6.07, 6.45) is 5.65. The predicted molar refractivity (Wildman–Crippen MR) is 145 cm³/mol. The second kappa shape index (κ2) is 8.81. The van der Waals surface area contributed by atoms with Gasteiger partial charge in [0.1, 0.15) is 9.71 Å². The number of benzene rings is 1. The molecule has 1 amide bonds. The van der Waals surface area contributed by atoms with Crippen molar-refractivity contribution >= 4 is 38.8 Å². The minimum atomic E-state index is -0.0725. The van der Waals surface area contributed by atoms with Gasteiger partial charge in [0.2, 0.25) is 0 Å². The zero-order chi connectivity index (χ0) is 24.3. The smallest absolute Gasteiger partial charge is 0.263 e. The molecule has 4 atom stereocenters. The topological polar surface area (TPSA) is 71.2 Å². The van der Waals surface area contributed by atoms with Gasteiger partial charge < -0.3 is 16.0 Å². The van der Waals surface area contributed by atoms with Crippen LogP contribution < -0.4 is 16.0 Å². The molecule has 0 spiro atoms. The van der Waals surface area contributed by atoms with Gasteiger partial charge in [-0.05, 0) is 98.1 Å². The molecule has 0 radical (unpaired) electrons. The first-order chi connectivity index (χ1) is 16.9. The molecule has 2 aliphatic carbocycles. The van der Waals surface area contributed by atoms with Crippen molar-refractivity contribution in [3.8, 4) is 0 Å². The highest BCUT2D eigenvalue weighted by molar-refractivity contribution is 7.21. The molecule has 2 aromatic heterocycles. The molecule has 3 aliphatic rings. The third kappa shape index (κ3) is 4.10. The highest BCUT2D eigenvalue weighted by atomic mass is 32.1. The fourth-order valence-corrected chi connectivity index (χ4v) is 8.18. The number of nitrogens with two attached hydrogens (primary N) is 1. The molecule has 184 valence electrons. The molecule has 6 rings (SSSR count). The number of hydrogen-bond donors (Lipinski definition) is 2. The van der Waals surface area contributed by atoms with Crippen LogP contribution in [0.5, 0.6) is 0 Å². The molecule has 6 heteroatoms. The summed E-state index contributed by atoms with van der Waals surface area (Å²) in [5, 5.41) is 4.13. The number of fused-ring (bicyclic) bond motifs is 4. The van der Waals surface area contributed by atoms with Gasteiger partial charge in [-0.1, -0.05) is 19.9 Å². The Kier molecular flexibility index (Phi) is 5.75. The van der Waals surface area contributed by atoms with Crippen molar-refractivity contribution in [2.24, 2.45) is 23.7 Å². The average molecular weight is 489 g/mol. The number of carbonyl (C=O) groups is 1. The van der Waals surface area contributed by atoms with Gasteiger partial charge in [-0.2, -0.15) is 0 Å². The quantitative estimate of drug-likeness (QED) is 0.502. The van der Waals surface area contributed by atoms with Crippen LogP contribution in [0.3, 0.4) is 0 Å². The zero-order valence-corrected chi connectivity index (χ0v) is 21.8. The third-order valence-corrected chi connectivity index (χ3v) is 9.85. The number of carbonyl (C=O) groups excluding carboxylic acids is 1. The first-order valence-corrected chi connectivity index (χ1v) is 14.0. The second-order valence-electron chi connectivity index (χ2n) is 11.3. The van der Waals surface area contributed by atoms with Crippen molar-refractivity contribution < 1.29 is 4.79 Å². The summed E-state index contributed by atoms with van der Waals surface area (Å²) in [6.45, 7) is 9.20. The summed E-state index contributed by atoms with van der Waals surface area (Å²) < 4.78 is 0. The van der Waals surface area contributed by atoms with Crippen molar-refractivity contribution in [2.45, 2.75) is 58.9 Å². The molecule has 3 heterocycles. The number of nitrogens with zero attached hydrogens (tertiary/aromatic N) is 2. The maximum absolute atomic E-state index is 13.1. The summed E-state index contributed by atoms with van der Waals surface area (Å²) in [4.78, 5) is 21.7. The van der Waals surface area contributed by atoms with E-state index in [-0.39, 0.29) is 11.9 Å². The molecule has 1 saturated heterocycles. The van der Waals surface area contributed by atoms with Crippen molar-refractivity contribution in [3.63, 3.8) is 0 Å². The van der Waals surface area contributed by atoms with Gasteiger partial charge in [0.15, 0.2) is 0 Å². The number of thiophene rings is 1. The first-order valence-electron chi connectivity index (χ1n) is 13.2. The van der Waals surface area contributed by atoms with Gasteiger partial charge in [-0.3, -0.25) is 4.79 Å². The number of nitrogen functional groups attached to an aromatic ring is 1. The molecule has 5 nitrogen and oxygen atoms in total. The van der Waals surface area contributed by atoms with Gasteiger partial charge in [-0.25, -0.2) is 4.98 Å². The molecule has 1 saturated carbocycles. The predicted octanol–water partition coefficient (Wildman–Crippen LogP) is 5.59. The Balaban J connectivity index is 1.14. The van der Waals surface area contributed by atoms with Crippen LogP contribution in [0.4, 0.5) is 11.4 Å². The summed E-state index contributed by atoms with van der Waals surface area (Å²) >= 11 is 1.39. The highest BCUT2D eigenvalue weighted by Crippen LogP contribution is 2.46. The second-order valence-corrected chi connectivity index (χ2v) is 12.3. The minimum absolute atomic E-state index is 0.0725. The van der Waals surface area contributed by atoms with Crippen molar-refractivity contribution in [2.75, 3.05) is 23.7 Å². The van der Waals surface area contributed by atoms with E-state index in [0.717, 1.165) is 58.8 Å². The van der Waals surface area contributed by atoms with E-state index < -0.39 is 0 Å². The SMILES string of the molecule is Cc1ccc2c(N)c(C(=O)N[C@H]3CCc4cc(N5C[C@H]6CC[C@@H](C5)C6C(C)C)ccc4C3)sc2n1. The maximum atomic E-state index is 13.1. The number of anilines is 2. The van der Waals surface area contributed by atoms with E-state index in [1.165, 1.54) is 54.1 Å². The van der Waals surface area contributed by atoms with Gasteiger partial charge in [-0.15, -0.1) is 11.3 Å². The lowest BCUT2D eigenvalue weighted by molar-refractivity contribution is 0.0938. The number of nitrogens with one attached hydrogen (secondary N) is 1. The highest BCUT2D eigenvalue weighted by Gasteiger charge is 2.43. The lowest BCUT2D eigenvalue weighted by Crippen LogP contribution is -2.43. The van der Waals surface area contributed by atoms with E-state index in [2.05, 4.69) is 47.2 Å². The van der Waals surface area contributed by atoms with Crippen LogP contribution >= 0.6 is 11.3 Å². The number of piperidine rings is 1. The largest absolute Gasteiger partial charge is 0.397 e. The fourth-order valence-electron chi connectivity index (χ4n) is 7.13. The van der Waals surface area contributed by atoms with Crippen LogP contribution in [0.15, 0.2) is 30.3 Å². The van der Waals surface area contributed by atoms with Gasteiger partial charge in [0, 0.05) is 35.9 Å². The molecule has 2 fully saturated rings. The monoisotopic (exact) mass is 488 g/mol. The lowest BCUT2D eigenvalue weighted by Gasteiger charge is -2.41. The maximum Gasteiger partial charge on any atom is 0.263 e. The van der Waals surface area contributed by atoms with Crippen LogP contribution in [0, 0.1) is 30.6 Å². The molecule has 35 heavy (non-hydrogen) atoms. The van der Waals surface area contributed by atoms with Crippen LogP contribution in [0.25, 0.3) is 10.2 Å². The Bertz CT molecular complexity index is 1270. The van der Waals surface area contributed by atoms with Crippen LogP contribution in [-0.4, -0.2) is 30.0 Å². The Morgan fingerprint density at radius 1 is 1.11 bits per heavy atom. The molecule has 3 aromatic rings. The van der Waals surface area contributed by atoms with Gasteiger partial charge in [0.25, 0.3) is 5.91 Å². The Hall–Kier alpha value is -2.60. The van der Waals surface area contributed by atoms with Gasteiger partial charge >= 0.3 is 0 Å². The number of rotatable bonds is 4. The number of aromatic nitrogens is 1. The van der Waals surface area contributed by atoms with E-state index in [1.807, 2.05) is 19.1 Å². The van der Waals surface area contributed by atoms with E-state index in [1.54, 1.807) is 0 Å². The van der Waals surface area contributed by atoms with Crippen LogP contribution in [0.2, 0.25) is 0 Å². The fraction of sp³-hybridized carbons (Fsp3) is 0.517. The normalized spacial score (nSPS) is 25.8. The molecule has 3 N–H and O–H groups in total. The van der Waals surface area contributed by atoms with E-state index in [0.29, 0.717) is 10.6 Å². The lowest BCUT2D eigenvalue weighted by atomic mass is 9.77.